The summed E-state index contributed by atoms with van der Waals surface area (Å²) < 4.78 is 5.76. The molecule has 1 fully saturated rings. The fourth-order valence-electron chi connectivity index (χ4n) is 3.73. The number of rotatable bonds is 5. The lowest BCUT2D eigenvalue weighted by molar-refractivity contribution is 0.0924. The highest BCUT2D eigenvalue weighted by Gasteiger charge is 2.18. The number of hydrogen-bond acceptors (Lipinski definition) is 3. The van der Waals surface area contributed by atoms with Crippen LogP contribution in [0.5, 0.6) is 0 Å². The molecule has 0 unspecified atom stereocenters. The molecule has 0 atom stereocenters. The minimum atomic E-state index is -0.198. The first-order valence-electron chi connectivity index (χ1n) is 9.38. The summed E-state index contributed by atoms with van der Waals surface area (Å²) >= 11 is 6.06. The summed E-state index contributed by atoms with van der Waals surface area (Å²) in [7, 11) is 0. The number of likely N-dealkylation sites (tertiary alicyclic amines) is 1. The summed E-state index contributed by atoms with van der Waals surface area (Å²) in [5.74, 6) is 0.153. The predicted molar refractivity (Wildman–Crippen MR) is 108 cm³/mol. The highest BCUT2D eigenvalue weighted by atomic mass is 35.5. The fourth-order valence-corrected chi connectivity index (χ4v) is 3.90. The Morgan fingerprint density at radius 2 is 1.89 bits per heavy atom. The minimum absolute atomic E-state index is 0.198. The van der Waals surface area contributed by atoms with Crippen LogP contribution in [0.3, 0.4) is 0 Å². The summed E-state index contributed by atoms with van der Waals surface area (Å²) in [6.07, 6.45) is 2.54. The van der Waals surface area contributed by atoms with Crippen LogP contribution in [0.1, 0.15) is 40.1 Å². The van der Waals surface area contributed by atoms with Crippen LogP contribution < -0.4 is 5.32 Å². The third kappa shape index (κ3) is 3.87. The molecule has 1 saturated heterocycles. The van der Waals surface area contributed by atoms with Crippen molar-refractivity contribution in [1.29, 1.82) is 0 Å². The fraction of sp³-hybridized carbons (Fsp3) is 0.318. The van der Waals surface area contributed by atoms with E-state index in [0.29, 0.717) is 22.9 Å². The van der Waals surface area contributed by atoms with Crippen molar-refractivity contribution >= 4 is 28.5 Å². The Labute approximate surface area is 164 Å². The predicted octanol–water partition coefficient (Wildman–Crippen LogP) is 4.92. The number of benzene rings is 2. The number of hydrogen-bond donors (Lipinski definition) is 1. The average molecular weight is 383 g/mol. The van der Waals surface area contributed by atoms with Gasteiger partial charge in [-0.3, -0.25) is 9.69 Å². The molecule has 1 aliphatic heterocycles. The lowest BCUT2D eigenvalue weighted by atomic mass is 10.1. The molecular weight excluding hydrogens is 360 g/mol. The molecule has 3 aromatic rings. The van der Waals surface area contributed by atoms with E-state index in [0.717, 1.165) is 36.1 Å². The van der Waals surface area contributed by atoms with Crippen molar-refractivity contribution in [1.82, 2.24) is 10.2 Å². The number of nitrogens with one attached hydrogen (secondary N) is 1. The zero-order valence-corrected chi connectivity index (χ0v) is 16.2. The van der Waals surface area contributed by atoms with Gasteiger partial charge in [0, 0.05) is 29.1 Å². The van der Waals surface area contributed by atoms with Crippen LogP contribution in [0.25, 0.3) is 11.0 Å². The van der Waals surface area contributed by atoms with Crippen molar-refractivity contribution in [2.24, 2.45) is 0 Å². The Balaban J connectivity index is 1.49. The molecule has 4 rings (SSSR count). The van der Waals surface area contributed by atoms with Crippen molar-refractivity contribution in [2.45, 2.75) is 32.9 Å². The monoisotopic (exact) mass is 382 g/mol. The summed E-state index contributed by atoms with van der Waals surface area (Å²) in [6.45, 7) is 5.62. The number of amides is 1. The molecule has 140 valence electrons. The molecular formula is C22H23ClN2O2. The Bertz CT molecular complexity index is 974. The van der Waals surface area contributed by atoms with Gasteiger partial charge in [0.05, 0.1) is 0 Å². The number of fused-ring (bicyclic) bond motifs is 1. The van der Waals surface area contributed by atoms with Crippen molar-refractivity contribution in [3.05, 3.63) is 69.9 Å². The van der Waals surface area contributed by atoms with E-state index in [2.05, 4.69) is 28.4 Å². The average Bonchev–Trinajstić information content (AvgIpc) is 3.29. The van der Waals surface area contributed by atoms with Crippen LogP contribution in [0, 0.1) is 6.92 Å². The van der Waals surface area contributed by atoms with Crippen LogP contribution >= 0.6 is 11.6 Å². The van der Waals surface area contributed by atoms with Gasteiger partial charge in [-0.15, -0.1) is 0 Å². The smallest absolute Gasteiger partial charge is 0.287 e. The van der Waals surface area contributed by atoms with Crippen LogP contribution in [-0.2, 0) is 13.1 Å². The number of carbonyl (C=O) groups excluding carboxylic acids is 1. The van der Waals surface area contributed by atoms with Crippen LogP contribution in [0.4, 0.5) is 0 Å². The zero-order chi connectivity index (χ0) is 18.8. The van der Waals surface area contributed by atoms with E-state index in [-0.39, 0.29) is 5.91 Å². The molecule has 1 amide bonds. The van der Waals surface area contributed by atoms with Gasteiger partial charge in [-0.2, -0.15) is 0 Å². The van der Waals surface area contributed by atoms with Gasteiger partial charge in [-0.25, -0.2) is 0 Å². The first-order chi connectivity index (χ1) is 13.1. The highest BCUT2D eigenvalue weighted by Crippen LogP contribution is 2.28. The molecule has 2 aromatic carbocycles. The summed E-state index contributed by atoms with van der Waals surface area (Å²) in [6, 6.07) is 13.7. The Morgan fingerprint density at radius 3 is 2.67 bits per heavy atom. The van der Waals surface area contributed by atoms with Gasteiger partial charge in [0.2, 0.25) is 0 Å². The standard InChI is InChI=1S/C22H23ClN2O2/c1-15-19-12-18(23)8-9-20(19)27-21(15)22(26)24-13-16-6-2-3-7-17(16)14-25-10-4-5-11-25/h2-3,6-9,12H,4-5,10-11,13-14H2,1H3,(H,24,26). The molecule has 0 saturated carbocycles. The normalized spacial score (nSPS) is 14.7. The van der Waals surface area contributed by atoms with Gasteiger partial charge in [0.1, 0.15) is 5.58 Å². The molecule has 5 heteroatoms. The number of furan rings is 1. The maximum atomic E-state index is 12.7. The molecule has 0 spiro atoms. The number of carbonyl (C=O) groups is 1. The Kier molecular flexibility index (Phi) is 5.19. The molecule has 0 aliphatic carbocycles. The number of nitrogens with zero attached hydrogens (tertiary/aromatic N) is 1. The SMILES string of the molecule is Cc1c(C(=O)NCc2ccccc2CN2CCCC2)oc2ccc(Cl)cc12. The summed E-state index contributed by atoms with van der Waals surface area (Å²) in [5, 5.41) is 4.52. The molecule has 2 heterocycles. The summed E-state index contributed by atoms with van der Waals surface area (Å²) in [4.78, 5) is 15.2. The minimum Gasteiger partial charge on any atom is -0.451 e. The zero-order valence-electron chi connectivity index (χ0n) is 15.4. The van der Waals surface area contributed by atoms with E-state index in [9.17, 15) is 4.79 Å². The lowest BCUT2D eigenvalue weighted by Gasteiger charge is -2.17. The Hall–Kier alpha value is -2.30. The molecule has 0 radical (unpaired) electrons. The van der Waals surface area contributed by atoms with Gasteiger partial charge < -0.3 is 9.73 Å². The van der Waals surface area contributed by atoms with Crippen molar-refractivity contribution in [2.75, 3.05) is 13.1 Å². The maximum absolute atomic E-state index is 12.7. The van der Waals surface area contributed by atoms with Gasteiger partial charge in [-0.1, -0.05) is 35.9 Å². The van der Waals surface area contributed by atoms with Crippen molar-refractivity contribution in [3.63, 3.8) is 0 Å². The van der Waals surface area contributed by atoms with Crippen LogP contribution in [0.15, 0.2) is 46.9 Å². The second-order valence-electron chi connectivity index (χ2n) is 7.13. The van der Waals surface area contributed by atoms with Gasteiger partial charge >= 0.3 is 0 Å². The molecule has 1 aliphatic rings. The van der Waals surface area contributed by atoms with E-state index >= 15 is 0 Å². The van der Waals surface area contributed by atoms with Crippen LogP contribution in [0.2, 0.25) is 5.02 Å². The molecule has 1 aromatic heterocycles. The largest absolute Gasteiger partial charge is 0.451 e. The van der Waals surface area contributed by atoms with Crippen molar-refractivity contribution < 1.29 is 9.21 Å². The molecule has 27 heavy (non-hydrogen) atoms. The number of aryl methyl sites for hydroxylation is 1. The third-order valence-electron chi connectivity index (χ3n) is 5.25. The van der Waals surface area contributed by atoms with Gasteiger partial charge in [0.15, 0.2) is 5.76 Å². The quantitative estimate of drug-likeness (QED) is 0.681. The highest BCUT2D eigenvalue weighted by molar-refractivity contribution is 6.31. The molecule has 0 bridgehead atoms. The second-order valence-corrected chi connectivity index (χ2v) is 7.57. The lowest BCUT2D eigenvalue weighted by Crippen LogP contribution is -2.25. The Morgan fingerprint density at radius 1 is 1.15 bits per heavy atom. The van der Waals surface area contributed by atoms with E-state index in [1.807, 2.05) is 19.1 Å². The van der Waals surface area contributed by atoms with E-state index in [4.69, 9.17) is 16.0 Å². The second kappa shape index (κ2) is 7.75. The number of halogens is 1. The van der Waals surface area contributed by atoms with Gasteiger partial charge in [0.25, 0.3) is 5.91 Å². The van der Waals surface area contributed by atoms with E-state index in [1.54, 1.807) is 12.1 Å². The van der Waals surface area contributed by atoms with Crippen molar-refractivity contribution in [3.8, 4) is 0 Å². The van der Waals surface area contributed by atoms with Gasteiger partial charge in [-0.05, 0) is 62.2 Å². The first kappa shape index (κ1) is 18.1. The van der Waals surface area contributed by atoms with E-state index in [1.165, 1.54) is 18.4 Å². The first-order valence-corrected chi connectivity index (χ1v) is 9.75. The molecule has 4 nitrogen and oxygen atoms in total. The summed E-state index contributed by atoms with van der Waals surface area (Å²) in [5.41, 5.74) is 3.91. The molecule has 1 N–H and O–H groups in total. The third-order valence-corrected chi connectivity index (χ3v) is 5.49. The maximum Gasteiger partial charge on any atom is 0.287 e. The van der Waals surface area contributed by atoms with Crippen LogP contribution in [-0.4, -0.2) is 23.9 Å². The van der Waals surface area contributed by atoms with E-state index < -0.39 is 0 Å². The topological polar surface area (TPSA) is 45.5 Å².